The number of benzene rings is 2. The number of carbonyl (C=O) groups is 1. The molecule has 166 valence electrons. The van der Waals surface area contributed by atoms with Gasteiger partial charge in [-0.05, 0) is 36.8 Å². The second-order valence-corrected chi connectivity index (χ2v) is 7.08. The molecule has 11 heteroatoms. The second kappa shape index (κ2) is 7.99. The molecule has 0 saturated carbocycles. The first-order valence-corrected chi connectivity index (χ1v) is 9.04. The van der Waals surface area contributed by atoms with Crippen molar-refractivity contribution in [1.29, 1.82) is 0 Å². The van der Waals surface area contributed by atoms with E-state index >= 15 is 4.39 Å². The van der Waals surface area contributed by atoms with E-state index in [1.165, 1.54) is 6.92 Å². The number of hydrogen-bond donors (Lipinski definition) is 1. The molecule has 1 atom stereocenters. The zero-order valence-electron chi connectivity index (χ0n) is 16.0. The predicted octanol–water partition coefficient (Wildman–Crippen LogP) is 6.05. The average Bonchev–Trinajstić information content (AvgIpc) is 2.90. The molecular weight excluding hydrogens is 452 g/mol. The lowest BCUT2D eigenvalue weighted by Gasteiger charge is -2.17. The fraction of sp³-hybridized carbons (Fsp3) is 0.250. The first-order chi connectivity index (χ1) is 14.4. The highest BCUT2D eigenvalue weighted by molar-refractivity contribution is 6.32. The Morgan fingerprint density at radius 2 is 1.90 bits per heavy atom. The normalized spacial score (nSPS) is 12.9. The van der Waals surface area contributed by atoms with E-state index in [9.17, 15) is 31.9 Å². The smallest absolute Gasteiger partial charge is 0.417 e. The van der Waals surface area contributed by atoms with Gasteiger partial charge in [0.1, 0.15) is 0 Å². The van der Waals surface area contributed by atoms with E-state index in [1.807, 2.05) is 0 Å². The van der Waals surface area contributed by atoms with E-state index in [0.717, 1.165) is 29.9 Å². The number of halogens is 7. The Balaban J connectivity index is 2.34. The van der Waals surface area contributed by atoms with Crippen molar-refractivity contribution in [2.45, 2.75) is 25.8 Å². The fourth-order valence-electron chi connectivity index (χ4n) is 3.47. The second-order valence-electron chi connectivity index (χ2n) is 6.67. The molecule has 0 aliphatic heterocycles. The van der Waals surface area contributed by atoms with Crippen molar-refractivity contribution < 1.29 is 41.0 Å². The monoisotopic (exact) mass is 465 g/mol. The molecule has 0 bridgehead atoms. The van der Waals surface area contributed by atoms with Crippen molar-refractivity contribution in [3.05, 3.63) is 63.3 Å². The van der Waals surface area contributed by atoms with E-state index in [4.69, 9.17) is 11.6 Å². The molecule has 0 spiro atoms. The topological polar surface area (TPSA) is 51.5 Å². The van der Waals surface area contributed by atoms with Crippen molar-refractivity contribution in [2.75, 3.05) is 7.11 Å². The lowest BCUT2D eigenvalue weighted by atomic mass is 10.1. The van der Waals surface area contributed by atoms with E-state index in [-0.39, 0.29) is 22.2 Å². The Hall–Kier alpha value is -2.88. The van der Waals surface area contributed by atoms with Gasteiger partial charge in [0, 0.05) is 16.6 Å². The van der Waals surface area contributed by atoms with Crippen molar-refractivity contribution in [3.63, 3.8) is 0 Å². The lowest BCUT2D eigenvalue weighted by molar-refractivity contribution is -0.137. The number of aliphatic carboxylic acids is 1. The number of hydrogen-bond acceptors (Lipinski definition) is 2. The summed E-state index contributed by atoms with van der Waals surface area (Å²) in [4.78, 5) is 11.3. The molecule has 3 aromatic rings. The van der Waals surface area contributed by atoms with Crippen LogP contribution in [0.4, 0.5) is 26.3 Å². The zero-order chi connectivity index (χ0) is 23.2. The largest absolute Gasteiger partial charge is 0.491 e. The van der Waals surface area contributed by atoms with Crippen LogP contribution in [0.15, 0.2) is 24.3 Å². The minimum Gasteiger partial charge on any atom is -0.491 e. The van der Waals surface area contributed by atoms with E-state index < -0.39 is 58.4 Å². The molecule has 0 aliphatic carbocycles. The summed E-state index contributed by atoms with van der Waals surface area (Å²) >= 11 is 5.76. The molecule has 1 aromatic heterocycles. The predicted molar refractivity (Wildman–Crippen MR) is 100 cm³/mol. The van der Waals surface area contributed by atoms with Gasteiger partial charge in [-0.2, -0.15) is 13.2 Å². The molecule has 31 heavy (non-hydrogen) atoms. The highest BCUT2D eigenvalue weighted by Gasteiger charge is 2.35. The minimum absolute atomic E-state index is 0.0528. The Morgan fingerprint density at radius 3 is 2.45 bits per heavy atom. The Labute approximate surface area is 176 Å². The molecule has 4 nitrogen and oxygen atoms in total. The maximum Gasteiger partial charge on any atom is 0.417 e. The van der Waals surface area contributed by atoms with Gasteiger partial charge in [0.15, 0.2) is 17.4 Å². The minimum atomic E-state index is -4.84. The molecule has 0 amide bonds. The Morgan fingerprint density at radius 1 is 1.26 bits per heavy atom. The third-order valence-corrected chi connectivity index (χ3v) is 5.18. The van der Waals surface area contributed by atoms with E-state index in [1.54, 1.807) is 0 Å². The number of carboxylic acids is 1. The maximum absolute atomic E-state index is 15.5. The van der Waals surface area contributed by atoms with Gasteiger partial charge in [-0.3, -0.25) is 4.79 Å². The van der Waals surface area contributed by atoms with Crippen LogP contribution in [0.1, 0.15) is 28.7 Å². The number of fused-ring (bicyclic) bond motifs is 1. The number of methoxy groups -OCH3 is 1. The summed E-state index contributed by atoms with van der Waals surface area (Å²) in [7, 11) is 0.984. The summed E-state index contributed by atoms with van der Waals surface area (Å²) in [5, 5.41) is 8.23. The molecule has 0 saturated heterocycles. The summed E-state index contributed by atoms with van der Waals surface area (Å²) in [6.45, 7) is 1.28. The van der Waals surface area contributed by atoms with Gasteiger partial charge in [-0.25, -0.2) is 13.2 Å². The van der Waals surface area contributed by atoms with Crippen LogP contribution < -0.4 is 4.74 Å². The quantitative estimate of drug-likeness (QED) is 0.467. The van der Waals surface area contributed by atoms with Crippen molar-refractivity contribution in [3.8, 4) is 5.75 Å². The molecule has 2 aromatic carbocycles. The maximum atomic E-state index is 15.5. The molecule has 0 aliphatic rings. The van der Waals surface area contributed by atoms with Crippen molar-refractivity contribution in [1.82, 2.24) is 4.57 Å². The van der Waals surface area contributed by atoms with Crippen molar-refractivity contribution >= 4 is 28.5 Å². The van der Waals surface area contributed by atoms with Crippen LogP contribution in [0.2, 0.25) is 5.02 Å². The third-order valence-electron chi connectivity index (χ3n) is 4.87. The van der Waals surface area contributed by atoms with Crippen LogP contribution in [-0.4, -0.2) is 22.8 Å². The average molecular weight is 466 g/mol. The molecule has 1 unspecified atom stereocenters. The molecule has 0 fully saturated rings. The van der Waals surface area contributed by atoms with Crippen LogP contribution in [0.3, 0.4) is 0 Å². The van der Waals surface area contributed by atoms with Gasteiger partial charge in [0.25, 0.3) is 0 Å². The van der Waals surface area contributed by atoms with Gasteiger partial charge < -0.3 is 14.4 Å². The van der Waals surface area contributed by atoms with Gasteiger partial charge in [0.2, 0.25) is 6.30 Å². The molecule has 1 heterocycles. The van der Waals surface area contributed by atoms with E-state index in [0.29, 0.717) is 6.07 Å². The summed E-state index contributed by atoms with van der Waals surface area (Å²) in [6.07, 6.45) is -7.89. The number of rotatable bonds is 5. The molecular formula is C20H14ClF6NO3. The Bertz CT molecular complexity index is 1190. The number of alkyl halides is 4. The summed E-state index contributed by atoms with van der Waals surface area (Å²) < 4.78 is 89.2. The SMILES string of the molecule is COc1c(F)ccc(C(F)n2c(C)c(CC(=O)O)c3cc(C(F)(F)F)c(Cl)cc32)c1F. The number of carboxylic acid groups (broad SMARTS) is 1. The highest BCUT2D eigenvalue weighted by Crippen LogP contribution is 2.42. The van der Waals surface area contributed by atoms with Gasteiger partial charge in [-0.15, -0.1) is 0 Å². The summed E-state index contributed by atoms with van der Waals surface area (Å²) in [5.41, 5.74) is -2.21. The van der Waals surface area contributed by atoms with Crippen molar-refractivity contribution in [2.24, 2.45) is 0 Å². The van der Waals surface area contributed by atoms with E-state index in [2.05, 4.69) is 4.74 Å². The van der Waals surface area contributed by atoms with Gasteiger partial charge in [-0.1, -0.05) is 11.6 Å². The zero-order valence-corrected chi connectivity index (χ0v) is 16.7. The first kappa shape index (κ1) is 22.8. The van der Waals surface area contributed by atoms with Crippen LogP contribution in [0.5, 0.6) is 5.75 Å². The third kappa shape index (κ3) is 3.91. The number of nitrogens with zero attached hydrogens (tertiary/aromatic N) is 1. The standard InChI is InChI=1S/C20H14ClF6NO3/c1-8-10(6-16(29)30)11-5-12(20(25,26)27)13(21)7-15(11)28(8)19(24)9-3-4-14(22)18(31-2)17(9)23/h3-5,7,19H,6H2,1-2H3,(H,29,30). The van der Waals surface area contributed by atoms with Crippen LogP contribution in [0.25, 0.3) is 10.9 Å². The highest BCUT2D eigenvalue weighted by atomic mass is 35.5. The summed E-state index contributed by atoms with van der Waals surface area (Å²) in [6, 6.07) is 3.07. The summed E-state index contributed by atoms with van der Waals surface area (Å²) in [5.74, 6) is -4.61. The Kier molecular flexibility index (Phi) is 5.88. The van der Waals surface area contributed by atoms with Gasteiger partial charge in [0.05, 0.1) is 29.6 Å². The van der Waals surface area contributed by atoms with Crippen LogP contribution >= 0.6 is 11.6 Å². The van der Waals surface area contributed by atoms with Crippen LogP contribution in [0, 0.1) is 18.6 Å². The first-order valence-electron chi connectivity index (χ1n) is 8.66. The van der Waals surface area contributed by atoms with Crippen LogP contribution in [-0.2, 0) is 17.4 Å². The number of aromatic nitrogens is 1. The molecule has 3 rings (SSSR count). The number of ether oxygens (including phenoxy) is 1. The lowest BCUT2D eigenvalue weighted by Crippen LogP contribution is -2.11. The molecule has 1 N–H and O–H groups in total. The fourth-order valence-corrected chi connectivity index (χ4v) is 3.73. The van der Waals surface area contributed by atoms with Gasteiger partial charge >= 0.3 is 12.1 Å². The molecule has 0 radical (unpaired) electrons.